The molecule has 2 aliphatic rings. The predicted octanol–water partition coefficient (Wildman–Crippen LogP) is 9.03. The lowest BCUT2D eigenvalue weighted by Crippen LogP contribution is -2.32. The Kier molecular flexibility index (Phi) is 12.4. The zero-order valence-electron chi connectivity index (χ0n) is 30.9. The van der Waals surface area contributed by atoms with Crippen LogP contribution in [0, 0.1) is 0 Å². The molecule has 2 aliphatic heterocycles. The van der Waals surface area contributed by atoms with Gasteiger partial charge in [0.1, 0.15) is 0 Å². The van der Waals surface area contributed by atoms with E-state index in [1.54, 1.807) is 0 Å². The highest BCUT2D eigenvalue weighted by Crippen LogP contribution is 2.35. The Bertz CT molecular complexity index is 2250. The number of benzene rings is 4. The van der Waals surface area contributed by atoms with Gasteiger partial charge in [0.05, 0.1) is 22.8 Å². The summed E-state index contributed by atoms with van der Waals surface area (Å²) in [6, 6.07) is 36.4. The van der Waals surface area contributed by atoms with Gasteiger partial charge in [0.15, 0.2) is 0 Å². The summed E-state index contributed by atoms with van der Waals surface area (Å²) in [5.74, 6) is 0.605. The number of halogens is 2. The molecule has 0 saturated carbocycles. The summed E-state index contributed by atoms with van der Waals surface area (Å²) < 4.78 is 0. The van der Waals surface area contributed by atoms with Gasteiger partial charge in [0.25, 0.3) is 0 Å². The highest BCUT2D eigenvalue weighted by atomic mass is 35.5. The number of aromatic nitrogens is 4. The highest BCUT2D eigenvalue weighted by molar-refractivity contribution is 6.33. The summed E-state index contributed by atoms with van der Waals surface area (Å²) in [7, 11) is 0. The molecule has 0 atom stereocenters. The first-order valence-electron chi connectivity index (χ1n) is 18.7. The number of hydrogen-bond acceptors (Lipinski definition) is 8. The fourth-order valence-electron chi connectivity index (χ4n) is 7.13. The lowest BCUT2D eigenvalue weighted by atomic mass is 9.98. The summed E-state index contributed by atoms with van der Waals surface area (Å²) in [6.07, 6.45) is 2.90. The van der Waals surface area contributed by atoms with Crippen molar-refractivity contribution < 1.29 is 4.79 Å². The quantitative estimate of drug-likeness (QED) is 0.150. The van der Waals surface area contributed by atoms with Crippen molar-refractivity contribution in [2.24, 2.45) is 0 Å². The van der Waals surface area contributed by atoms with Gasteiger partial charge in [0, 0.05) is 90.8 Å². The molecular formula is C44H44Cl2N8O. The van der Waals surface area contributed by atoms with Crippen LogP contribution in [0.4, 0.5) is 11.9 Å². The fraction of sp³-hybridized carbons (Fsp3) is 0.250. The largest absolute Gasteiger partial charge is 0.368 e. The number of hydrogen-bond donors (Lipinski definition) is 2. The number of nitrogens with zero attached hydrogens (tertiary/aromatic N) is 6. The summed E-state index contributed by atoms with van der Waals surface area (Å²) in [4.78, 5) is 35.3. The average molecular weight is 772 g/mol. The molecule has 6 aromatic rings. The van der Waals surface area contributed by atoms with Crippen LogP contribution in [0.15, 0.2) is 109 Å². The van der Waals surface area contributed by atoms with Gasteiger partial charge in [0.2, 0.25) is 17.8 Å². The molecule has 0 spiro atoms. The second-order valence-corrected chi connectivity index (χ2v) is 14.6. The number of carbonyl (C=O) groups excluding carboxylic acids is 1. The molecule has 0 fully saturated rings. The molecule has 0 unspecified atom stereocenters. The molecule has 0 aliphatic carbocycles. The number of nitrogen functional groups attached to an aromatic ring is 1. The predicted molar refractivity (Wildman–Crippen MR) is 221 cm³/mol. The van der Waals surface area contributed by atoms with Gasteiger partial charge >= 0.3 is 0 Å². The van der Waals surface area contributed by atoms with Gasteiger partial charge in [-0.2, -0.15) is 0 Å². The molecule has 11 heteroatoms. The monoisotopic (exact) mass is 770 g/mol. The molecule has 0 saturated heterocycles. The van der Waals surface area contributed by atoms with Crippen molar-refractivity contribution in [3.8, 4) is 22.5 Å². The van der Waals surface area contributed by atoms with E-state index in [0.29, 0.717) is 28.4 Å². The fourth-order valence-corrected chi connectivity index (χ4v) is 7.58. The van der Waals surface area contributed by atoms with Crippen molar-refractivity contribution >= 4 is 41.0 Å². The van der Waals surface area contributed by atoms with Crippen LogP contribution in [0.1, 0.15) is 53.4 Å². The van der Waals surface area contributed by atoms with E-state index >= 15 is 0 Å². The van der Waals surface area contributed by atoms with E-state index < -0.39 is 0 Å². The summed E-state index contributed by atoms with van der Waals surface area (Å²) in [6.45, 7) is 7.16. The molecule has 2 aromatic heterocycles. The van der Waals surface area contributed by atoms with Crippen LogP contribution in [0.2, 0.25) is 10.0 Å². The van der Waals surface area contributed by atoms with Gasteiger partial charge < -0.3 is 5.73 Å². The van der Waals surface area contributed by atoms with E-state index in [9.17, 15) is 4.79 Å². The lowest BCUT2D eigenvalue weighted by molar-refractivity contribution is -0.116. The van der Waals surface area contributed by atoms with Crippen LogP contribution >= 0.6 is 23.2 Å². The van der Waals surface area contributed by atoms with Gasteiger partial charge in [-0.05, 0) is 29.7 Å². The van der Waals surface area contributed by atoms with Crippen molar-refractivity contribution in [1.82, 2.24) is 29.7 Å². The molecule has 280 valence electrons. The number of amides is 1. The summed E-state index contributed by atoms with van der Waals surface area (Å²) >= 11 is 12.9. The molecule has 9 nitrogen and oxygen atoms in total. The number of anilines is 2. The van der Waals surface area contributed by atoms with Gasteiger partial charge in [-0.3, -0.25) is 19.9 Å². The van der Waals surface area contributed by atoms with Crippen molar-refractivity contribution in [2.45, 2.75) is 58.8 Å². The molecule has 8 rings (SSSR count). The van der Waals surface area contributed by atoms with E-state index in [0.717, 1.165) is 104 Å². The zero-order valence-corrected chi connectivity index (χ0v) is 32.4. The van der Waals surface area contributed by atoms with E-state index in [1.807, 2.05) is 67.6 Å². The Hall–Kier alpha value is -5.19. The van der Waals surface area contributed by atoms with Crippen molar-refractivity contribution in [1.29, 1.82) is 0 Å². The summed E-state index contributed by atoms with van der Waals surface area (Å²) in [5, 5.41) is 4.18. The third-order valence-corrected chi connectivity index (χ3v) is 10.4. The standard InChI is InChI=1S/C24H25ClN4O.C20H19ClN4/c1-2-8-22(30)27-24-26-21-13-14-29(15-17-9-4-3-5-10-17)16-19(21)23(28-24)18-11-6-7-12-20(18)25;21-17-9-5-4-8-15(17)19-16-13-25(12-14-6-2-1-3-7-14)11-10-18(16)23-20(22)24-19/h3-7,9-12H,2,8,13-16H2,1H3,(H,26,27,28,30);1-9H,10-13H2,(H2,22,23,24). The van der Waals surface area contributed by atoms with E-state index in [2.05, 4.69) is 78.6 Å². The number of rotatable bonds is 9. The minimum atomic E-state index is -0.0657. The first-order valence-corrected chi connectivity index (χ1v) is 19.5. The van der Waals surface area contributed by atoms with Crippen LogP contribution in [-0.2, 0) is 43.8 Å². The van der Waals surface area contributed by atoms with Crippen molar-refractivity contribution in [3.05, 3.63) is 153 Å². The maximum Gasteiger partial charge on any atom is 0.230 e. The second-order valence-electron chi connectivity index (χ2n) is 13.8. The van der Waals surface area contributed by atoms with Crippen molar-refractivity contribution in [2.75, 3.05) is 24.1 Å². The van der Waals surface area contributed by atoms with Crippen LogP contribution in [0.25, 0.3) is 22.5 Å². The number of nitrogens with one attached hydrogen (secondary N) is 1. The Morgan fingerprint density at radius 3 is 1.64 bits per heavy atom. The Labute approximate surface area is 332 Å². The minimum absolute atomic E-state index is 0.0657. The molecule has 4 aromatic carbocycles. The van der Waals surface area contributed by atoms with Crippen LogP contribution < -0.4 is 11.1 Å². The van der Waals surface area contributed by atoms with Crippen LogP contribution in [0.3, 0.4) is 0 Å². The SMILES string of the molecule is CCCC(=O)Nc1nc2c(c(-c3ccccc3Cl)n1)CN(Cc1ccccc1)CC2.Nc1nc2c(c(-c3ccccc3Cl)n1)CN(Cc1ccccc1)CC2. The van der Waals surface area contributed by atoms with Gasteiger partial charge in [-0.15, -0.1) is 0 Å². The first-order chi connectivity index (χ1) is 26.8. The molecular weight excluding hydrogens is 727 g/mol. The molecule has 0 radical (unpaired) electrons. The minimum Gasteiger partial charge on any atom is -0.368 e. The smallest absolute Gasteiger partial charge is 0.230 e. The molecule has 55 heavy (non-hydrogen) atoms. The Morgan fingerprint density at radius 1 is 0.655 bits per heavy atom. The Balaban J connectivity index is 0.000000172. The summed E-state index contributed by atoms with van der Waals surface area (Å²) in [5.41, 5.74) is 16.2. The van der Waals surface area contributed by atoms with Crippen molar-refractivity contribution in [3.63, 3.8) is 0 Å². The molecule has 0 bridgehead atoms. The van der Waals surface area contributed by atoms with Crippen LogP contribution in [-0.4, -0.2) is 48.7 Å². The lowest BCUT2D eigenvalue weighted by Gasteiger charge is -2.30. The maximum absolute atomic E-state index is 12.1. The maximum atomic E-state index is 12.1. The first kappa shape index (κ1) is 38.1. The molecule has 4 heterocycles. The zero-order chi connectivity index (χ0) is 38.1. The number of fused-ring (bicyclic) bond motifs is 2. The number of carbonyl (C=O) groups is 1. The van der Waals surface area contributed by atoms with Gasteiger partial charge in [-0.1, -0.05) is 127 Å². The van der Waals surface area contributed by atoms with E-state index in [4.69, 9.17) is 33.9 Å². The van der Waals surface area contributed by atoms with Crippen LogP contribution in [0.5, 0.6) is 0 Å². The third kappa shape index (κ3) is 9.55. The van der Waals surface area contributed by atoms with E-state index in [-0.39, 0.29) is 5.91 Å². The average Bonchev–Trinajstić information content (AvgIpc) is 3.19. The van der Waals surface area contributed by atoms with Gasteiger partial charge in [-0.25, -0.2) is 19.9 Å². The second kappa shape index (κ2) is 18.0. The molecule has 1 amide bonds. The Morgan fingerprint density at radius 2 is 1.13 bits per heavy atom. The third-order valence-electron chi connectivity index (χ3n) is 9.78. The highest BCUT2D eigenvalue weighted by Gasteiger charge is 2.26. The number of nitrogens with two attached hydrogens (primary N) is 1. The molecule has 3 N–H and O–H groups in total. The van der Waals surface area contributed by atoms with E-state index in [1.165, 1.54) is 11.1 Å². The topological polar surface area (TPSA) is 113 Å². The normalized spacial score (nSPS) is 13.9.